The number of hydrogen-bond acceptors (Lipinski definition) is 1. The van der Waals surface area contributed by atoms with Gasteiger partial charge < -0.3 is 0 Å². The fraction of sp³-hybridized carbons (Fsp3) is 0.417. The standard InChI is InChI=1S/C12H12F2O/c1-7-5-6-9(13)11(12(7)14)8-3-2-4-10(8)15/h5-6,8H,2-4H2,1H3. The van der Waals surface area contributed by atoms with Crippen LogP contribution in [0.15, 0.2) is 12.1 Å². The molecule has 0 radical (unpaired) electrons. The Hall–Kier alpha value is -1.25. The Kier molecular flexibility index (Phi) is 2.55. The smallest absolute Gasteiger partial charge is 0.140 e. The molecule has 0 N–H and O–H groups in total. The molecule has 0 amide bonds. The Morgan fingerprint density at radius 1 is 1.33 bits per heavy atom. The molecule has 1 aliphatic carbocycles. The van der Waals surface area contributed by atoms with Crippen molar-refractivity contribution in [2.45, 2.75) is 32.1 Å². The Bertz CT molecular complexity index is 412. The van der Waals surface area contributed by atoms with E-state index < -0.39 is 17.6 Å². The van der Waals surface area contributed by atoms with Crippen LogP contribution in [0.3, 0.4) is 0 Å². The van der Waals surface area contributed by atoms with Crippen molar-refractivity contribution >= 4 is 5.78 Å². The monoisotopic (exact) mass is 210 g/mol. The predicted octanol–water partition coefficient (Wildman–Crippen LogP) is 3.11. The minimum absolute atomic E-state index is 0.0301. The number of carbonyl (C=O) groups is 1. The molecule has 1 atom stereocenters. The lowest BCUT2D eigenvalue weighted by Crippen LogP contribution is -2.10. The molecule has 0 bridgehead atoms. The molecule has 80 valence electrons. The summed E-state index contributed by atoms with van der Waals surface area (Å²) in [5, 5.41) is 0. The molecule has 1 aliphatic rings. The summed E-state index contributed by atoms with van der Waals surface area (Å²) >= 11 is 0. The normalized spacial score (nSPS) is 21.0. The van der Waals surface area contributed by atoms with Crippen LogP contribution in [0.25, 0.3) is 0 Å². The molecule has 1 unspecified atom stereocenters. The molecule has 0 heterocycles. The number of carbonyl (C=O) groups excluding carboxylic acids is 1. The quantitative estimate of drug-likeness (QED) is 0.696. The minimum Gasteiger partial charge on any atom is -0.299 e. The van der Waals surface area contributed by atoms with Crippen molar-refractivity contribution in [2.24, 2.45) is 0 Å². The highest BCUT2D eigenvalue weighted by molar-refractivity contribution is 5.87. The van der Waals surface area contributed by atoms with Gasteiger partial charge in [-0.25, -0.2) is 8.78 Å². The number of aryl methyl sites for hydroxylation is 1. The first-order chi connectivity index (χ1) is 7.11. The van der Waals surface area contributed by atoms with E-state index in [4.69, 9.17) is 0 Å². The lowest BCUT2D eigenvalue weighted by Gasteiger charge is -2.12. The van der Waals surface area contributed by atoms with Gasteiger partial charge in [0.15, 0.2) is 0 Å². The van der Waals surface area contributed by atoms with Gasteiger partial charge >= 0.3 is 0 Å². The topological polar surface area (TPSA) is 17.1 Å². The van der Waals surface area contributed by atoms with E-state index in [9.17, 15) is 13.6 Å². The third-order valence-electron chi connectivity index (χ3n) is 2.97. The highest BCUT2D eigenvalue weighted by atomic mass is 19.1. The molecule has 0 aromatic heterocycles. The summed E-state index contributed by atoms with van der Waals surface area (Å²) in [4.78, 5) is 11.5. The first-order valence-corrected chi connectivity index (χ1v) is 5.08. The van der Waals surface area contributed by atoms with Gasteiger partial charge in [0, 0.05) is 17.9 Å². The van der Waals surface area contributed by atoms with E-state index in [1.165, 1.54) is 12.1 Å². The van der Waals surface area contributed by atoms with Crippen molar-refractivity contribution in [2.75, 3.05) is 0 Å². The van der Waals surface area contributed by atoms with E-state index in [0.717, 1.165) is 6.42 Å². The second kappa shape index (κ2) is 3.72. The highest BCUT2D eigenvalue weighted by Gasteiger charge is 2.31. The van der Waals surface area contributed by atoms with Crippen LogP contribution in [0.1, 0.15) is 36.3 Å². The summed E-state index contributed by atoms with van der Waals surface area (Å²) in [5.41, 5.74) is 0.364. The molecule has 0 aliphatic heterocycles. The van der Waals surface area contributed by atoms with Crippen molar-refractivity contribution in [1.29, 1.82) is 0 Å². The lowest BCUT2D eigenvalue weighted by molar-refractivity contribution is -0.118. The van der Waals surface area contributed by atoms with E-state index in [0.29, 0.717) is 18.4 Å². The maximum atomic E-state index is 13.7. The van der Waals surface area contributed by atoms with Gasteiger partial charge in [0.05, 0.1) is 0 Å². The van der Waals surface area contributed by atoms with Crippen molar-refractivity contribution in [3.8, 4) is 0 Å². The van der Waals surface area contributed by atoms with Crippen LogP contribution in [0.4, 0.5) is 8.78 Å². The Labute approximate surface area is 87.1 Å². The second-order valence-electron chi connectivity index (χ2n) is 4.00. The summed E-state index contributed by atoms with van der Waals surface area (Å²) in [6.45, 7) is 1.58. The fourth-order valence-corrected chi connectivity index (χ4v) is 2.12. The number of benzene rings is 1. The van der Waals surface area contributed by atoms with Crippen LogP contribution >= 0.6 is 0 Å². The van der Waals surface area contributed by atoms with Crippen LogP contribution in [-0.4, -0.2) is 5.78 Å². The van der Waals surface area contributed by atoms with Crippen LogP contribution in [-0.2, 0) is 4.79 Å². The number of Topliss-reactive ketones (excluding diaryl/α,β-unsaturated/α-hetero) is 1. The maximum Gasteiger partial charge on any atom is 0.140 e. The van der Waals surface area contributed by atoms with Crippen molar-refractivity contribution in [3.63, 3.8) is 0 Å². The van der Waals surface area contributed by atoms with Gasteiger partial charge in [-0.05, 0) is 31.4 Å². The van der Waals surface area contributed by atoms with Gasteiger partial charge in [-0.15, -0.1) is 0 Å². The van der Waals surface area contributed by atoms with E-state index in [-0.39, 0.29) is 11.3 Å². The molecule has 1 fully saturated rings. The molecule has 3 heteroatoms. The molecule has 15 heavy (non-hydrogen) atoms. The SMILES string of the molecule is Cc1ccc(F)c(C2CCCC2=O)c1F. The van der Waals surface area contributed by atoms with Crippen LogP contribution in [0.2, 0.25) is 0 Å². The lowest BCUT2D eigenvalue weighted by atomic mass is 9.94. The van der Waals surface area contributed by atoms with Crippen LogP contribution in [0, 0.1) is 18.6 Å². The summed E-state index contributed by atoms with van der Waals surface area (Å²) in [6, 6.07) is 2.63. The van der Waals surface area contributed by atoms with Gasteiger partial charge in [-0.2, -0.15) is 0 Å². The van der Waals surface area contributed by atoms with E-state index in [1.807, 2.05) is 0 Å². The summed E-state index contributed by atoms with van der Waals surface area (Å²) in [6.07, 6.45) is 1.74. The molecular weight excluding hydrogens is 198 g/mol. The first kappa shape index (κ1) is 10.3. The Balaban J connectivity index is 2.51. The van der Waals surface area contributed by atoms with Crippen molar-refractivity contribution in [3.05, 3.63) is 34.9 Å². The second-order valence-corrected chi connectivity index (χ2v) is 4.00. The van der Waals surface area contributed by atoms with Gasteiger partial charge in [0.1, 0.15) is 17.4 Å². The maximum absolute atomic E-state index is 13.7. The summed E-state index contributed by atoms with van der Waals surface area (Å²) in [5.74, 6) is -1.77. The van der Waals surface area contributed by atoms with E-state index >= 15 is 0 Å². The van der Waals surface area contributed by atoms with Gasteiger partial charge in [0.2, 0.25) is 0 Å². The third-order valence-corrected chi connectivity index (χ3v) is 2.97. The largest absolute Gasteiger partial charge is 0.299 e. The molecule has 1 saturated carbocycles. The number of rotatable bonds is 1. The molecular formula is C12H12F2O. The van der Waals surface area contributed by atoms with Gasteiger partial charge in [-0.3, -0.25) is 4.79 Å². The first-order valence-electron chi connectivity index (χ1n) is 5.08. The number of hydrogen-bond donors (Lipinski definition) is 0. The highest BCUT2D eigenvalue weighted by Crippen LogP contribution is 2.34. The molecule has 0 spiro atoms. The van der Waals surface area contributed by atoms with Crippen LogP contribution < -0.4 is 0 Å². The summed E-state index contributed by atoms with van der Waals surface area (Å²) < 4.78 is 27.2. The van der Waals surface area contributed by atoms with Gasteiger partial charge in [0.25, 0.3) is 0 Å². The molecule has 1 nitrogen and oxygen atoms in total. The minimum atomic E-state index is -0.599. The number of ketones is 1. The number of halogens is 2. The molecule has 0 saturated heterocycles. The zero-order chi connectivity index (χ0) is 11.0. The average molecular weight is 210 g/mol. The zero-order valence-electron chi connectivity index (χ0n) is 8.52. The molecule has 1 aromatic rings. The average Bonchev–Trinajstić information content (AvgIpc) is 2.60. The van der Waals surface area contributed by atoms with Gasteiger partial charge in [-0.1, -0.05) is 6.07 Å². The van der Waals surface area contributed by atoms with Crippen molar-refractivity contribution < 1.29 is 13.6 Å². The molecule has 2 rings (SSSR count). The van der Waals surface area contributed by atoms with E-state index in [1.54, 1.807) is 6.92 Å². The Morgan fingerprint density at radius 3 is 2.67 bits per heavy atom. The fourth-order valence-electron chi connectivity index (χ4n) is 2.12. The molecule has 1 aromatic carbocycles. The zero-order valence-corrected chi connectivity index (χ0v) is 8.52. The third kappa shape index (κ3) is 1.66. The van der Waals surface area contributed by atoms with Crippen molar-refractivity contribution in [1.82, 2.24) is 0 Å². The Morgan fingerprint density at radius 2 is 2.07 bits per heavy atom. The predicted molar refractivity (Wildman–Crippen MR) is 52.7 cm³/mol. The van der Waals surface area contributed by atoms with Crippen LogP contribution in [0.5, 0.6) is 0 Å². The summed E-state index contributed by atoms with van der Waals surface area (Å²) in [7, 11) is 0. The van der Waals surface area contributed by atoms with E-state index in [2.05, 4.69) is 0 Å².